The van der Waals surface area contributed by atoms with Crippen LogP contribution in [0.4, 0.5) is 5.82 Å². The average Bonchev–Trinajstić information content (AvgIpc) is 3.04. The summed E-state index contributed by atoms with van der Waals surface area (Å²) in [5.74, 6) is 0.996. The molecule has 0 spiro atoms. The Bertz CT molecular complexity index is 792. The number of hydrogen-bond donors (Lipinski definition) is 2. The molecule has 3 N–H and O–H groups in total. The monoisotopic (exact) mass is 328 g/mol. The lowest BCUT2D eigenvalue weighted by molar-refractivity contribution is 0.383. The standard InChI is InChI=1S/C16H20N6S/c1-22-13(14-5-4-12(7-17)23-14)10-20-15(18)16(22)21-9-11-3-2-6-19-8-11/h4-5,10-11,19H,2-3,6,8-9H2,1H3,(H2,18,20)/t11-/m0/s1. The highest BCUT2D eigenvalue weighted by molar-refractivity contribution is 7.15. The molecule has 1 fully saturated rings. The summed E-state index contributed by atoms with van der Waals surface area (Å²) >= 11 is 1.45. The van der Waals surface area contributed by atoms with Gasteiger partial charge in [0.25, 0.3) is 0 Å². The number of nitrogen functional groups attached to an aromatic ring is 1. The second-order valence-electron chi connectivity index (χ2n) is 5.74. The number of thiophene rings is 1. The number of nitrogens with two attached hydrogens (primary N) is 1. The van der Waals surface area contributed by atoms with Crippen LogP contribution in [0.3, 0.4) is 0 Å². The number of anilines is 1. The van der Waals surface area contributed by atoms with Crippen molar-refractivity contribution in [3.8, 4) is 16.6 Å². The molecule has 0 radical (unpaired) electrons. The van der Waals surface area contributed by atoms with Crippen molar-refractivity contribution in [3.05, 3.63) is 28.7 Å². The average molecular weight is 328 g/mol. The van der Waals surface area contributed by atoms with Gasteiger partial charge in [0.05, 0.1) is 16.8 Å². The summed E-state index contributed by atoms with van der Waals surface area (Å²) in [4.78, 5) is 10.7. The van der Waals surface area contributed by atoms with E-state index in [9.17, 15) is 0 Å². The van der Waals surface area contributed by atoms with Crippen LogP contribution in [-0.4, -0.2) is 29.2 Å². The Morgan fingerprint density at radius 3 is 3.13 bits per heavy atom. The highest BCUT2D eigenvalue weighted by Gasteiger charge is 2.13. The van der Waals surface area contributed by atoms with Crippen LogP contribution in [0, 0.1) is 17.2 Å². The Labute approximate surface area is 139 Å². The number of piperidine rings is 1. The highest BCUT2D eigenvalue weighted by Crippen LogP contribution is 2.26. The molecule has 7 heteroatoms. The lowest BCUT2D eigenvalue weighted by atomic mass is 10.0. The van der Waals surface area contributed by atoms with Crippen molar-refractivity contribution < 1.29 is 0 Å². The van der Waals surface area contributed by atoms with Crippen molar-refractivity contribution in [2.75, 3.05) is 25.4 Å². The Kier molecular flexibility index (Phi) is 4.74. The largest absolute Gasteiger partial charge is 0.381 e. The van der Waals surface area contributed by atoms with Gasteiger partial charge in [0, 0.05) is 13.6 Å². The summed E-state index contributed by atoms with van der Waals surface area (Å²) in [6, 6.07) is 5.92. The number of nitriles is 1. The van der Waals surface area contributed by atoms with E-state index in [1.165, 1.54) is 24.2 Å². The second kappa shape index (κ2) is 6.94. The number of rotatable bonds is 3. The van der Waals surface area contributed by atoms with Crippen molar-refractivity contribution in [2.45, 2.75) is 12.8 Å². The van der Waals surface area contributed by atoms with Crippen LogP contribution in [0.1, 0.15) is 17.7 Å². The molecular weight excluding hydrogens is 308 g/mol. The summed E-state index contributed by atoms with van der Waals surface area (Å²) in [7, 11) is 1.94. The van der Waals surface area contributed by atoms with Crippen molar-refractivity contribution in [1.29, 1.82) is 5.26 Å². The highest BCUT2D eigenvalue weighted by atomic mass is 32.1. The van der Waals surface area contributed by atoms with Gasteiger partial charge in [-0.25, -0.2) is 4.98 Å². The molecule has 0 unspecified atom stereocenters. The summed E-state index contributed by atoms with van der Waals surface area (Å²) in [5.41, 5.74) is 7.66. The molecule has 1 aliphatic rings. The van der Waals surface area contributed by atoms with Crippen molar-refractivity contribution in [3.63, 3.8) is 0 Å². The molecule has 0 bridgehead atoms. The van der Waals surface area contributed by atoms with Gasteiger partial charge in [-0.05, 0) is 44.0 Å². The Hall–Kier alpha value is -2.17. The molecule has 3 heterocycles. The number of nitrogens with zero attached hydrogens (tertiary/aromatic N) is 4. The third-order valence-electron chi connectivity index (χ3n) is 4.10. The first kappa shape index (κ1) is 15.7. The van der Waals surface area contributed by atoms with Crippen LogP contribution >= 0.6 is 11.3 Å². The van der Waals surface area contributed by atoms with E-state index >= 15 is 0 Å². The molecule has 1 saturated heterocycles. The fourth-order valence-electron chi connectivity index (χ4n) is 2.81. The van der Waals surface area contributed by atoms with Crippen LogP contribution in [0.25, 0.3) is 10.6 Å². The first-order chi connectivity index (χ1) is 11.2. The van der Waals surface area contributed by atoms with Crippen LogP contribution in [-0.2, 0) is 7.05 Å². The number of aromatic nitrogens is 2. The molecule has 0 saturated carbocycles. The van der Waals surface area contributed by atoms with Gasteiger partial charge in [0.15, 0.2) is 11.3 Å². The topological polar surface area (TPSA) is 92.0 Å². The minimum atomic E-state index is 0.442. The second-order valence-corrected chi connectivity index (χ2v) is 6.82. The molecule has 2 aromatic heterocycles. The van der Waals surface area contributed by atoms with Gasteiger partial charge in [-0.1, -0.05) is 0 Å². The predicted molar refractivity (Wildman–Crippen MR) is 91.7 cm³/mol. The first-order valence-electron chi connectivity index (χ1n) is 7.72. The van der Waals surface area contributed by atoms with Crippen LogP contribution in [0.15, 0.2) is 23.3 Å². The SMILES string of the molecule is Cn1c(-c2ccc(C#N)s2)cnc(N)c1=NC[C@H]1CCCNC1. The molecule has 120 valence electrons. The lowest BCUT2D eigenvalue weighted by Crippen LogP contribution is -2.32. The van der Waals surface area contributed by atoms with Gasteiger partial charge in [-0.15, -0.1) is 11.3 Å². The summed E-state index contributed by atoms with van der Waals surface area (Å²) in [5, 5.41) is 12.4. The van der Waals surface area contributed by atoms with Gasteiger partial charge >= 0.3 is 0 Å². The van der Waals surface area contributed by atoms with Crippen LogP contribution in [0.5, 0.6) is 0 Å². The fourth-order valence-corrected chi connectivity index (χ4v) is 3.66. The van der Waals surface area contributed by atoms with Crippen molar-refractivity contribution in [2.24, 2.45) is 18.0 Å². The molecule has 0 aromatic carbocycles. The first-order valence-corrected chi connectivity index (χ1v) is 8.53. The Balaban J connectivity index is 1.93. The molecule has 0 aliphatic carbocycles. The lowest BCUT2D eigenvalue weighted by Gasteiger charge is -2.20. The minimum Gasteiger partial charge on any atom is -0.381 e. The molecule has 3 rings (SSSR count). The summed E-state index contributed by atoms with van der Waals surface area (Å²) in [6.45, 7) is 2.86. The van der Waals surface area contributed by atoms with E-state index in [1.807, 2.05) is 23.7 Å². The van der Waals surface area contributed by atoms with Crippen LogP contribution < -0.4 is 16.5 Å². The van der Waals surface area contributed by atoms with Gasteiger partial charge in [-0.2, -0.15) is 5.26 Å². The molecule has 2 aromatic rings. The maximum absolute atomic E-state index is 8.99. The van der Waals surface area contributed by atoms with Gasteiger partial charge in [0.2, 0.25) is 0 Å². The van der Waals surface area contributed by atoms with Crippen molar-refractivity contribution >= 4 is 17.2 Å². The van der Waals surface area contributed by atoms with E-state index < -0.39 is 0 Å². The predicted octanol–water partition coefficient (Wildman–Crippen LogP) is 1.50. The zero-order valence-corrected chi connectivity index (χ0v) is 13.9. The zero-order chi connectivity index (χ0) is 16.2. The Morgan fingerprint density at radius 2 is 2.43 bits per heavy atom. The minimum absolute atomic E-state index is 0.442. The normalized spacial score (nSPS) is 18.8. The summed E-state index contributed by atoms with van der Waals surface area (Å²) < 4.78 is 1.96. The van der Waals surface area contributed by atoms with E-state index in [2.05, 4.69) is 16.4 Å². The molecule has 6 nitrogen and oxygen atoms in total. The molecule has 1 atom stereocenters. The van der Waals surface area contributed by atoms with Crippen molar-refractivity contribution in [1.82, 2.24) is 14.9 Å². The maximum Gasteiger partial charge on any atom is 0.171 e. The van der Waals surface area contributed by atoms with E-state index in [0.29, 0.717) is 22.1 Å². The number of hydrogen-bond acceptors (Lipinski definition) is 6. The quantitative estimate of drug-likeness (QED) is 0.893. The van der Waals surface area contributed by atoms with Gasteiger partial charge in [-0.3, -0.25) is 4.99 Å². The third kappa shape index (κ3) is 3.44. The smallest absolute Gasteiger partial charge is 0.171 e. The van der Waals surface area contributed by atoms with Gasteiger partial charge in [0.1, 0.15) is 10.9 Å². The Morgan fingerprint density at radius 1 is 1.57 bits per heavy atom. The van der Waals surface area contributed by atoms with E-state index in [4.69, 9.17) is 16.0 Å². The molecule has 1 aliphatic heterocycles. The fraction of sp³-hybridized carbons (Fsp3) is 0.438. The van der Waals surface area contributed by atoms with E-state index in [0.717, 1.165) is 30.2 Å². The van der Waals surface area contributed by atoms with E-state index in [-0.39, 0.29) is 0 Å². The molecule has 23 heavy (non-hydrogen) atoms. The zero-order valence-electron chi connectivity index (χ0n) is 13.1. The van der Waals surface area contributed by atoms with Gasteiger partial charge < -0.3 is 15.6 Å². The molecular formula is C16H20N6S. The summed E-state index contributed by atoms with van der Waals surface area (Å²) in [6.07, 6.45) is 4.14. The van der Waals surface area contributed by atoms with E-state index in [1.54, 1.807) is 6.20 Å². The number of nitrogens with one attached hydrogen (secondary N) is 1. The van der Waals surface area contributed by atoms with Crippen LogP contribution in [0.2, 0.25) is 0 Å². The molecule has 0 amide bonds. The third-order valence-corrected chi connectivity index (χ3v) is 5.11. The maximum atomic E-state index is 8.99.